The number of aromatic nitrogens is 1. The summed E-state index contributed by atoms with van der Waals surface area (Å²) in [6.45, 7) is 3.23. The van der Waals surface area contributed by atoms with Crippen molar-refractivity contribution in [3.63, 3.8) is 0 Å². The number of aliphatic hydroxyl groups excluding tert-OH is 1. The lowest BCUT2D eigenvalue weighted by Crippen LogP contribution is -2.29. The predicted molar refractivity (Wildman–Crippen MR) is 80.0 cm³/mol. The first-order valence-electron chi connectivity index (χ1n) is 6.44. The first-order valence-corrected chi connectivity index (χ1v) is 8.30. The van der Waals surface area contributed by atoms with Gasteiger partial charge in [-0.15, -0.1) is 0 Å². The molecule has 2 aromatic rings. The molecular weight excluding hydrogens is 310 g/mol. The van der Waals surface area contributed by atoms with E-state index in [4.69, 9.17) is 11.6 Å². The van der Waals surface area contributed by atoms with Crippen LogP contribution in [0.5, 0.6) is 0 Å². The first kappa shape index (κ1) is 14.5. The molecule has 0 radical (unpaired) electrons. The summed E-state index contributed by atoms with van der Waals surface area (Å²) in [6, 6.07) is 7.87. The van der Waals surface area contributed by atoms with Crippen LogP contribution in [0.1, 0.15) is 36.8 Å². The zero-order valence-electron chi connectivity index (χ0n) is 11.5. The molecule has 110 valence electrons. The number of nitrogens with zero attached hydrogens (tertiary/aromatic N) is 1. The second kappa shape index (κ2) is 4.53. The Hall–Kier alpha value is -1.43. The average molecular weight is 324 g/mol. The fraction of sp³-hybridized carbons (Fsp3) is 0.267. The lowest BCUT2D eigenvalue weighted by molar-refractivity contribution is 0.211. The van der Waals surface area contributed by atoms with Gasteiger partial charge in [0.1, 0.15) is 6.10 Å². The van der Waals surface area contributed by atoms with Crippen LogP contribution in [0.4, 0.5) is 0 Å². The zero-order chi connectivity index (χ0) is 15.4. The number of pyridine rings is 1. The smallest absolute Gasteiger partial charge is 0.188 e. The van der Waals surface area contributed by atoms with Gasteiger partial charge in [-0.05, 0) is 37.6 Å². The molecular formula is C15H14ClNO3S. The number of sulfone groups is 1. The molecule has 6 heteroatoms. The third-order valence-corrected chi connectivity index (χ3v) is 6.71. The van der Waals surface area contributed by atoms with E-state index in [9.17, 15) is 13.5 Å². The molecule has 2 heterocycles. The number of aliphatic hydroxyl groups is 1. The van der Waals surface area contributed by atoms with Crippen LogP contribution in [0.25, 0.3) is 0 Å². The van der Waals surface area contributed by atoms with Crippen molar-refractivity contribution in [2.24, 2.45) is 0 Å². The van der Waals surface area contributed by atoms with Crippen LogP contribution < -0.4 is 0 Å². The van der Waals surface area contributed by atoms with E-state index < -0.39 is 20.7 Å². The molecule has 1 aromatic heterocycles. The zero-order valence-corrected chi connectivity index (χ0v) is 13.1. The quantitative estimate of drug-likeness (QED) is 0.809. The van der Waals surface area contributed by atoms with E-state index in [1.165, 1.54) is 6.07 Å². The molecule has 1 N–H and O–H groups in total. The van der Waals surface area contributed by atoms with Gasteiger partial charge in [0.15, 0.2) is 9.84 Å². The molecule has 1 aliphatic heterocycles. The van der Waals surface area contributed by atoms with Crippen LogP contribution in [0, 0.1) is 0 Å². The molecule has 0 aliphatic carbocycles. The lowest BCUT2D eigenvalue weighted by atomic mass is 9.95. The summed E-state index contributed by atoms with van der Waals surface area (Å²) in [5, 5.41) is 10.9. The van der Waals surface area contributed by atoms with Crippen molar-refractivity contribution in [3.05, 3.63) is 58.4 Å². The Labute approximate surface area is 128 Å². The monoisotopic (exact) mass is 323 g/mol. The van der Waals surface area contributed by atoms with Crippen LogP contribution in [-0.2, 0) is 14.6 Å². The van der Waals surface area contributed by atoms with E-state index in [1.54, 1.807) is 44.3 Å². The van der Waals surface area contributed by atoms with Gasteiger partial charge < -0.3 is 5.11 Å². The van der Waals surface area contributed by atoms with Gasteiger partial charge in [0, 0.05) is 16.8 Å². The summed E-state index contributed by atoms with van der Waals surface area (Å²) in [7, 11) is -3.71. The largest absolute Gasteiger partial charge is 0.382 e. The molecule has 0 saturated heterocycles. The molecule has 0 fully saturated rings. The molecule has 21 heavy (non-hydrogen) atoms. The molecule has 1 aromatic carbocycles. The Morgan fingerprint density at radius 2 is 2.00 bits per heavy atom. The Kier molecular flexibility index (Phi) is 3.13. The number of benzene rings is 1. The van der Waals surface area contributed by atoms with Crippen LogP contribution in [0.15, 0.2) is 41.4 Å². The van der Waals surface area contributed by atoms with Crippen LogP contribution in [0.2, 0.25) is 5.02 Å². The number of halogens is 1. The van der Waals surface area contributed by atoms with Crippen molar-refractivity contribution in [1.82, 2.24) is 4.98 Å². The van der Waals surface area contributed by atoms with E-state index in [0.29, 0.717) is 21.8 Å². The molecule has 0 spiro atoms. The van der Waals surface area contributed by atoms with Crippen LogP contribution in [0.3, 0.4) is 0 Å². The molecule has 3 rings (SSSR count). The van der Waals surface area contributed by atoms with Gasteiger partial charge in [0.05, 0.1) is 15.3 Å². The highest BCUT2D eigenvalue weighted by Crippen LogP contribution is 2.45. The Morgan fingerprint density at radius 3 is 2.71 bits per heavy atom. The predicted octanol–water partition coefficient (Wildman–Crippen LogP) is 2.84. The van der Waals surface area contributed by atoms with Crippen molar-refractivity contribution in [2.45, 2.75) is 29.6 Å². The summed E-state index contributed by atoms with van der Waals surface area (Å²) in [4.78, 5) is 4.26. The number of rotatable bonds is 0. The van der Waals surface area contributed by atoms with Crippen molar-refractivity contribution in [2.75, 3.05) is 0 Å². The highest BCUT2D eigenvalue weighted by Gasteiger charge is 2.45. The minimum Gasteiger partial charge on any atom is -0.382 e. The van der Waals surface area contributed by atoms with E-state index in [1.807, 2.05) is 0 Å². The van der Waals surface area contributed by atoms with Crippen LogP contribution in [-0.4, -0.2) is 18.5 Å². The van der Waals surface area contributed by atoms with Crippen molar-refractivity contribution in [3.8, 4) is 0 Å². The Morgan fingerprint density at radius 1 is 1.29 bits per heavy atom. The molecule has 1 aliphatic rings. The van der Waals surface area contributed by atoms with Crippen molar-refractivity contribution in [1.29, 1.82) is 0 Å². The summed E-state index contributed by atoms with van der Waals surface area (Å²) in [5.74, 6) is 0. The minimum atomic E-state index is -3.71. The van der Waals surface area contributed by atoms with Gasteiger partial charge in [-0.25, -0.2) is 8.42 Å². The minimum absolute atomic E-state index is 0.0606. The number of fused-ring (bicyclic) bond motifs is 2. The molecule has 0 amide bonds. The summed E-state index contributed by atoms with van der Waals surface area (Å²) >= 11 is 5.95. The maximum Gasteiger partial charge on any atom is 0.188 e. The van der Waals surface area contributed by atoms with Crippen molar-refractivity contribution < 1.29 is 13.5 Å². The average Bonchev–Trinajstić information content (AvgIpc) is 2.49. The van der Waals surface area contributed by atoms with Crippen LogP contribution >= 0.6 is 11.6 Å². The fourth-order valence-corrected chi connectivity index (χ4v) is 4.70. The van der Waals surface area contributed by atoms with Gasteiger partial charge >= 0.3 is 0 Å². The SMILES string of the molecule is CC1(C)c2cccnc2C(O)c2ccc(Cl)cc2S1(=O)=O. The second-order valence-corrected chi connectivity index (χ2v) is 8.44. The van der Waals surface area contributed by atoms with Gasteiger partial charge in [-0.1, -0.05) is 23.7 Å². The summed E-state index contributed by atoms with van der Waals surface area (Å²) < 4.78 is 24.8. The standard InChI is InChI=1S/C15H14ClNO3S/c1-15(2)11-4-3-7-17-13(11)14(18)10-6-5-9(16)8-12(10)21(15,19)20/h3-8,14,18H,1-2H3. The molecule has 0 saturated carbocycles. The highest BCUT2D eigenvalue weighted by atomic mass is 35.5. The Bertz CT molecular complexity index is 831. The topological polar surface area (TPSA) is 67.3 Å². The molecule has 1 unspecified atom stereocenters. The molecule has 0 bridgehead atoms. The maximum absolute atomic E-state index is 13.0. The summed E-state index contributed by atoms with van der Waals surface area (Å²) in [6.07, 6.45) is 0.455. The normalized spacial score (nSPS) is 22.0. The van der Waals surface area contributed by atoms with Gasteiger partial charge in [-0.2, -0.15) is 0 Å². The van der Waals surface area contributed by atoms with E-state index >= 15 is 0 Å². The van der Waals surface area contributed by atoms with E-state index in [0.717, 1.165) is 0 Å². The van der Waals surface area contributed by atoms with E-state index in [2.05, 4.69) is 4.98 Å². The highest BCUT2D eigenvalue weighted by molar-refractivity contribution is 7.92. The maximum atomic E-state index is 13.0. The molecule has 4 nitrogen and oxygen atoms in total. The second-order valence-electron chi connectivity index (χ2n) is 5.53. The lowest BCUT2D eigenvalue weighted by Gasteiger charge is -2.25. The van der Waals surface area contributed by atoms with E-state index in [-0.39, 0.29) is 4.90 Å². The van der Waals surface area contributed by atoms with Gasteiger partial charge in [0.2, 0.25) is 0 Å². The summed E-state index contributed by atoms with van der Waals surface area (Å²) in [5.41, 5.74) is 1.18. The number of hydrogen-bond acceptors (Lipinski definition) is 4. The van der Waals surface area contributed by atoms with Crippen molar-refractivity contribution >= 4 is 21.4 Å². The third-order valence-electron chi connectivity index (χ3n) is 3.98. The molecule has 1 atom stereocenters. The first-order chi connectivity index (χ1) is 9.76. The van der Waals surface area contributed by atoms with Gasteiger partial charge in [-0.3, -0.25) is 4.98 Å². The Balaban J connectivity index is 2.48. The third kappa shape index (κ3) is 1.92. The number of hydrogen-bond donors (Lipinski definition) is 1. The fourth-order valence-electron chi connectivity index (χ4n) is 2.68. The van der Waals surface area contributed by atoms with Gasteiger partial charge in [0.25, 0.3) is 0 Å².